The highest BCUT2D eigenvalue weighted by Gasteiger charge is 2.23. The summed E-state index contributed by atoms with van der Waals surface area (Å²) in [5, 5.41) is 4.82. The Hall–Kier alpha value is -1.22. The summed E-state index contributed by atoms with van der Waals surface area (Å²) in [6, 6.07) is 11.8. The summed E-state index contributed by atoms with van der Waals surface area (Å²) in [5.74, 6) is 0.264. The van der Waals surface area contributed by atoms with Crippen LogP contribution in [0.4, 0.5) is 5.69 Å². The predicted octanol–water partition coefficient (Wildman–Crippen LogP) is 3.81. The van der Waals surface area contributed by atoms with E-state index in [1.54, 1.807) is 6.07 Å². The van der Waals surface area contributed by atoms with Crippen molar-refractivity contribution in [1.82, 2.24) is 5.32 Å². The van der Waals surface area contributed by atoms with Gasteiger partial charge in [-0.2, -0.15) is 0 Å². The molecule has 2 nitrogen and oxygen atoms in total. The van der Waals surface area contributed by atoms with E-state index in [4.69, 9.17) is 28.9 Å². The molecule has 0 spiro atoms. The fourth-order valence-corrected chi connectivity index (χ4v) is 3.17. The van der Waals surface area contributed by atoms with Gasteiger partial charge in [0.15, 0.2) is 0 Å². The molecule has 0 saturated heterocycles. The van der Waals surface area contributed by atoms with Gasteiger partial charge in [0.1, 0.15) is 0 Å². The summed E-state index contributed by atoms with van der Waals surface area (Å²) in [6.45, 7) is 1.67. The summed E-state index contributed by atoms with van der Waals surface area (Å²) in [6.07, 6.45) is 0. The Balaban J connectivity index is 2.09. The van der Waals surface area contributed by atoms with E-state index in [0.717, 1.165) is 29.4 Å². The van der Waals surface area contributed by atoms with Crippen molar-refractivity contribution in [2.45, 2.75) is 12.5 Å². The number of hydrogen-bond acceptors (Lipinski definition) is 2. The largest absolute Gasteiger partial charge is 0.399 e. The van der Waals surface area contributed by atoms with Gasteiger partial charge in [0.2, 0.25) is 0 Å². The van der Waals surface area contributed by atoms with Gasteiger partial charge in [0, 0.05) is 34.7 Å². The second-order valence-electron chi connectivity index (χ2n) is 4.81. The lowest BCUT2D eigenvalue weighted by molar-refractivity contribution is 0.591. The molecule has 1 unspecified atom stereocenters. The molecular weight excluding hydrogens is 279 g/mol. The van der Waals surface area contributed by atoms with Crippen molar-refractivity contribution in [2.75, 3.05) is 12.3 Å². The molecule has 0 fully saturated rings. The highest BCUT2D eigenvalue weighted by atomic mass is 35.5. The molecule has 2 aromatic rings. The van der Waals surface area contributed by atoms with Gasteiger partial charge in [-0.3, -0.25) is 0 Å². The molecule has 19 heavy (non-hydrogen) atoms. The first-order valence-corrected chi connectivity index (χ1v) is 6.94. The van der Waals surface area contributed by atoms with E-state index >= 15 is 0 Å². The molecule has 98 valence electrons. The van der Waals surface area contributed by atoms with E-state index in [1.807, 2.05) is 18.2 Å². The van der Waals surface area contributed by atoms with Crippen LogP contribution in [0.2, 0.25) is 10.0 Å². The number of halogens is 2. The molecule has 1 atom stereocenters. The van der Waals surface area contributed by atoms with Crippen LogP contribution in [0.1, 0.15) is 22.6 Å². The van der Waals surface area contributed by atoms with Gasteiger partial charge in [-0.25, -0.2) is 0 Å². The Labute approximate surface area is 122 Å². The molecule has 0 aliphatic carbocycles. The molecular formula is C15H14Cl2N2. The smallest absolute Gasteiger partial charge is 0.0468 e. The minimum Gasteiger partial charge on any atom is -0.399 e. The molecule has 1 heterocycles. The van der Waals surface area contributed by atoms with E-state index in [1.165, 1.54) is 11.1 Å². The van der Waals surface area contributed by atoms with Gasteiger partial charge < -0.3 is 11.1 Å². The molecule has 0 saturated carbocycles. The van der Waals surface area contributed by atoms with Gasteiger partial charge in [0.25, 0.3) is 0 Å². The molecule has 4 heteroatoms. The molecule has 0 amide bonds. The van der Waals surface area contributed by atoms with E-state index in [-0.39, 0.29) is 5.92 Å². The summed E-state index contributed by atoms with van der Waals surface area (Å²) in [5.41, 5.74) is 10.1. The number of anilines is 1. The lowest BCUT2D eigenvalue weighted by Gasteiger charge is -2.28. The number of nitrogens with two attached hydrogens (primary N) is 1. The van der Waals surface area contributed by atoms with Crippen LogP contribution in [0.25, 0.3) is 0 Å². The third kappa shape index (κ3) is 2.44. The van der Waals surface area contributed by atoms with Crippen LogP contribution in [0.3, 0.4) is 0 Å². The first kappa shape index (κ1) is 12.8. The predicted molar refractivity (Wildman–Crippen MR) is 80.9 cm³/mol. The first-order chi connectivity index (χ1) is 9.15. The minimum absolute atomic E-state index is 0.264. The Kier molecular flexibility index (Phi) is 3.40. The van der Waals surface area contributed by atoms with Crippen LogP contribution in [0, 0.1) is 0 Å². The zero-order chi connectivity index (χ0) is 13.4. The molecule has 3 N–H and O–H groups in total. The second-order valence-corrected chi connectivity index (χ2v) is 5.65. The maximum Gasteiger partial charge on any atom is 0.0468 e. The van der Waals surface area contributed by atoms with Gasteiger partial charge in [-0.1, -0.05) is 35.3 Å². The third-order valence-electron chi connectivity index (χ3n) is 3.56. The van der Waals surface area contributed by atoms with Gasteiger partial charge >= 0.3 is 0 Å². The third-order valence-corrected chi connectivity index (χ3v) is 4.11. The van der Waals surface area contributed by atoms with E-state index in [0.29, 0.717) is 5.02 Å². The summed E-state index contributed by atoms with van der Waals surface area (Å²) in [7, 11) is 0. The number of benzene rings is 2. The number of fused-ring (bicyclic) bond motifs is 1. The average molecular weight is 293 g/mol. The van der Waals surface area contributed by atoms with Crippen molar-refractivity contribution in [3.8, 4) is 0 Å². The summed E-state index contributed by atoms with van der Waals surface area (Å²) >= 11 is 12.4. The SMILES string of the molecule is Nc1ccc(C2CNCc3c(Cl)cc(Cl)cc32)cc1. The van der Waals surface area contributed by atoms with Gasteiger partial charge in [0.05, 0.1) is 0 Å². The van der Waals surface area contributed by atoms with Crippen molar-refractivity contribution in [1.29, 1.82) is 0 Å². The fraction of sp³-hybridized carbons (Fsp3) is 0.200. The quantitative estimate of drug-likeness (QED) is 0.785. The number of nitrogen functional groups attached to an aromatic ring is 1. The minimum atomic E-state index is 0.264. The van der Waals surface area contributed by atoms with Crippen molar-refractivity contribution in [3.63, 3.8) is 0 Å². The van der Waals surface area contributed by atoms with Crippen LogP contribution in [-0.4, -0.2) is 6.54 Å². The standard InChI is InChI=1S/C15H14Cl2N2/c16-10-5-12-13(9-1-3-11(18)4-2-9)7-19-8-14(12)15(17)6-10/h1-6,13,19H,7-8,18H2. The Morgan fingerprint density at radius 3 is 2.58 bits per heavy atom. The van der Waals surface area contributed by atoms with Crippen LogP contribution in [0.15, 0.2) is 36.4 Å². The number of nitrogens with one attached hydrogen (secondary N) is 1. The van der Waals surface area contributed by atoms with Crippen molar-refractivity contribution in [2.24, 2.45) is 0 Å². The highest BCUT2D eigenvalue weighted by molar-refractivity contribution is 6.35. The maximum absolute atomic E-state index is 6.28. The maximum atomic E-state index is 6.28. The molecule has 0 radical (unpaired) electrons. The first-order valence-electron chi connectivity index (χ1n) is 6.19. The molecule has 0 aromatic heterocycles. The molecule has 2 aromatic carbocycles. The topological polar surface area (TPSA) is 38.0 Å². The van der Waals surface area contributed by atoms with Crippen molar-refractivity contribution in [3.05, 3.63) is 63.1 Å². The van der Waals surface area contributed by atoms with Gasteiger partial charge in [-0.15, -0.1) is 0 Å². The average Bonchev–Trinajstić information content (AvgIpc) is 2.39. The zero-order valence-electron chi connectivity index (χ0n) is 10.3. The van der Waals surface area contributed by atoms with Crippen LogP contribution in [0.5, 0.6) is 0 Å². The van der Waals surface area contributed by atoms with Crippen molar-refractivity contribution >= 4 is 28.9 Å². The zero-order valence-corrected chi connectivity index (χ0v) is 11.8. The second kappa shape index (κ2) is 5.04. The Bertz CT molecular complexity index is 608. The number of rotatable bonds is 1. The molecule has 3 rings (SSSR count). The number of hydrogen-bond donors (Lipinski definition) is 2. The van der Waals surface area contributed by atoms with Crippen molar-refractivity contribution < 1.29 is 0 Å². The van der Waals surface area contributed by atoms with Crippen LogP contribution >= 0.6 is 23.2 Å². The molecule has 1 aliphatic heterocycles. The van der Waals surface area contributed by atoms with E-state index < -0.39 is 0 Å². The van der Waals surface area contributed by atoms with Gasteiger partial charge in [-0.05, 0) is 41.0 Å². The molecule has 1 aliphatic rings. The lowest BCUT2D eigenvalue weighted by atomic mass is 9.85. The Morgan fingerprint density at radius 1 is 1.11 bits per heavy atom. The normalized spacial score (nSPS) is 18.1. The van der Waals surface area contributed by atoms with Crippen LogP contribution < -0.4 is 11.1 Å². The lowest BCUT2D eigenvalue weighted by Crippen LogP contribution is -2.29. The fourth-order valence-electron chi connectivity index (χ4n) is 2.60. The van der Waals surface area contributed by atoms with E-state index in [2.05, 4.69) is 17.4 Å². The molecule has 0 bridgehead atoms. The monoisotopic (exact) mass is 292 g/mol. The summed E-state index contributed by atoms with van der Waals surface area (Å²) in [4.78, 5) is 0. The highest BCUT2D eigenvalue weighted by Crippen LogP contribution is 2.36. The summed E-state index contributed by atoms with van der Waals surface area (Å²) < 4.78 is 0. The van der Waals surface area contributed by atoms with Crippen LogP contribution in [-0.2, 0) is 6.54 Å². The van der Waals surface area contributed by atoms with E-state index in [9.17, 15) is 0 Å². The Morgan fingerprint density at radius 2 is 1.84 bits per heavy atom.